The van der Waals surface area contributed by atoms with Crippen molar-refractivity contribution in [3.63, 3.8) is 0 Å². The predicted octanol–water partition coefficient (Wildman–Crippen LogP) is 5.81. The van der Waals surface area contributed by atoms with Crippen LogP contribution < -0.4 is 4.74 Å². The minimum absolute atomic E-state index is 0.236. The highest BCUT2D eigenvalue weighted by atomic mass is 79.9. The fourth-order valence-corrected chi connectivity index (χ4v) is 4.15. The molecule has 0 saturated heterocycles. The van der Waals surface area contributed by atoms with E-state index in [4.69, 9.17) is 27.9 Å². The summed E-state index contributed by atoms with van der Waals surface area (Å²) in [6.45, 7) is 2.06. The molecule has 0 amide bonds. The van der Waals surface area contributed by atoms with E-state index in [0.29, 0.717) is 10.8 Å². The molecule has 1 aromatic carbocycles. The van der Waals surface area contributed by atoms with Gasteiger partial charge in [0.15, 0.2) is 0 Å². The average molecular weight is 366 g/mol. The first-order valence-electron chi connectivity index (χ1n) is 5.26. The zero-order chi connectivity index (χ0) is 13.3. The van der Waals surface area contributed by atoms with E-state index in [1.165, 1.54) is 4.88 Å². The van der Waals surface area contributed by atoms with Crippen LogP contribution in [0.4, 0.5) is 0 Å². The molecule has 2 rings (SSSR count). The molecule has 1 aromatic heterocycles. The fourth-order valence-electron chi connectivity index (χ4n) is 1.77. The van der Waals surface area contributed by atoms with Crippen molar-refractivity contribution in [2.24, 2.45) is 0 Å². The number of halogens is 3. The molecule has 96 valence electrons. The smallest absolute Gasteiger partial charge is 0.125 e. The van der Waals surface area contributed by atoms with E-state index in [2.05, 4.69) is 22.9 Å². The topological polar surface area (TPSA) is 9.23 Å². The molecule has 0 saturated carbocycles. The monoisotopic (exact) mass is 364 g/mol. The molecule has 0 aliphatic carbocycles. The standard InChI is InChI=1S/C13H11BrCl2OS/c1-7-10(6-12(14)18-7)13(16)9-4-3-8(15)5-11(9)17-2/h3-6,13H,1-2H3. The van der Waals surface area contributed by atoms with E-state index in [1.54, 1.807) is 24.5 Å². The van der Waals surface area contributed by atoms with E-state index in [-0.39, 0.29) is 5.38 Å². The molecule has 0 N–H and O–H groups in total. The van der Waals surface area contributed by atoms with Crippen molar-refractivity contribution in [2.75, 3.05) is 7.11 Å². The lowest BCUT2D eigenvalue weighted by atomic mass is 10.0. The molecule has 1 unspecified atom stereocenters. The second-order valence-corrected chi connectivity index (χ2v) is 7.32. The number of alkyl halides is 1. The Morgan fingerprint density at radius 2 is 2.00 bits per heavy atom. The number of hydrogen-bond donors (Lipinski definition) is 0. The predicted molar refractivity (Wildman–Crippen MR) is 82.5 cm³/mol. The molecule has 0 spiro atoms. The minimum Gasteiger partial charge on any atom is -0.496 e. The molecule has 5 heteroatoms. The van der Waals surface area contributed by atoms with Gasteiger partial charge in [-0.2, -0.15) is 0 Å². The second kappa shape index (κ2) is 5.83. The van der Waals surface area contributed by atoms with Crippen LogP contribution in [0.1, 0.15) is 21.4 Å². The summed E-state index contributed by atoms with van der Waals surface area (Å²) in [5.74, 6) is 0.712. The normalized spacial score (nSPS) is 12.5. The Morgan fingerprint density at radius 1 is 1.28 bits per heavy atom. The first-order valence-corrected chi connectivity index (χ1v) is 7.68. The second-order valence-electron chi connectivity index (χ2n) is 3.81. The number of thiophene rings is 1. The lowest BCUT2D eigenvalue weighted by Crippen LogP contribution is -1.97. The van der Waals surface area contributed by atoms with Gasteiger partial charge >= 0.3 is 0 Å². The van der Waals surface area contributed by atoms with Gasteiger partial charge in [0.25, 0.3) is 0 Å². The zero-order valence-corrected chi connectivity index (χ0v) is 13.8. The SMILES string of the molecule is COc1cc(Cl)ccc1C(Cl)c1cc(Br)sc1C. The summed E-state index contributed by atoms with van der Waals surface area (Å²) in [6.07, 6.45) is 0. The molecule has 18 heavy (non-hydrogen) atoms. The Labute approximate surface area is 129 Å². The van der Waals surface area contributed by atoms with Crippen LogP contribution in [0.5, 0.6) is 5.75 Å². The quantitative estimate of drug-likeness (QED) is 0.623. The first-order chi connectivity index (χ1) is 8.52. The molecule has 2 aromatic rings. The third kappa shape index (κ3) is 2.85. The summed E-state index contributed by atoms with van der Waals surface area (Å²) in [4.78, 5) is 1.19. The number of hydrogen-bond acceptors (Lipinski definition) is 2. The van der Waals surface area contributed by atoms with Gasteiger partial charge in [-0.3, -0.25) is 0 Å². The van der Waals surface area contributed by atoms with Crippen molar-refractivity contribution in [3.8, 4) is 5.75 Å². The van der Waals surface area contributed by atoms with Gasteiger partial charge in [0.05, 0.1) is 16.3 Å². The van der Waals surface area contributed by atoms with Crippen molar-refractivity contribution in [1.29, 1.82) is 0 Å². The van der Waals surface area contributed by atoms with E-state index < -0.39 is 0 Å². The van der Waals surface area contributed by atoms with Crippen LogP contribution in [-0.2, 0) is 0 Å². The minimum atomic E-state index is -0.236. The van der Waals surface area contributed by atoms with Crippen molar-refractivity contribution >= 4 is 50.5 Å². The highest BCUT2D eigenvalue weighted by Gasteiger charge is 2.19. The molecule has 0 aliphatic heterocycles. The van der Waals surface area contributed by atoms with Crippen LogP contribution >= 0.6 is 50.5 Å². The molecule has 0 radical (unpaired) electrons. The third-order valence-electron chi connectivity index (χ3n) is 2.67. The summed E-state index contributed by atoms with van der Waals surface area (Å²) in [7, 11) is 1.62. The number of methoxy groups -OCH3 is 1. The average Bonchev–Trinajstić information content (AvgIpc) is 2.67. The first kappa shape index (κ1) is 14.2. The highest BCUT2D eigenvalue weighted by Crippen LogP contribution is 2.41. The van der Waals surface area contributed by atoms with Gasteiger partial charge in [-0.25, -0.2) is 0 Å². The van der Waals surface area contributed by atoms with Crippen molar-refractivity contribution in [1.82, 2.24) is 0 Å². The number of benzene rings is 1. The Hall–Kier alpha value is -0.220. The van der Waals surface area contributed by atoms with Crippen LogP contribution in [0.15, 0.2) is 28.1 Å². The molecule has 0 aliphatic rings. The third-order valence-corrected chi connectivity index (χ3v) is 4.94. The number of ether oxygens (including phenoxy) is 1. The Kier molecular flexibility index (Phi) is 4.59. The maximum absolute atomic E-state index is 6.55. The van der Waals surface area contributed by atoms with E-state index in [0.717, 1.165) is 14.9 Å². The summed E-state index contributed by atoms with van der Waals surface area (Å²) >= 11 is 17.7. The lowest BCUT2D eigenvalue weighted by molar-refractivity contribution is 0.410. The highest BCUT2D eigenvalue weighted by molar-refractivity contribution is 9.11. The van der Waals surface area contributed by atoms with Gasteiger partial charge in [0.2, 0.25) is 0 Å². The van der Waals surface area contributed by atoms with E-state index >= 15 is 0 Å². The van der Waals surface area contributed by atoms with Crippen LogP contribution in [0, 0.1) is 6.92 Å². The maximum Gasteiger partial charge on any atom is 0.125 e. The maximum atomic E-state index is 6.55. The van der Waals surface area contributed by atoms with Crippen LogP contribution in [0.25, 0.3) is 0 Å². The summed E-state index contributed by atoms with van der Waals surface area (Å²) in [5, 5.41) is 0.405. The van der Waals surface area contributed by atoms with Crippen molar-refractivity contribution in [2.45, 2.75) is 12.3 Å². The van der Waals surface area contributed by atoms with Crippen LogP contribution in [-0.4, -0.2) is 7.11 Å². The summed E-state index contributed by atoms with van der Waals surface area (Å²) < 4.78 is 6.42. The molecule has 0 bridgehead atoms. The Morgan fingerprint density at radius 3 is 2.56 bits per heavy atom. The van der Waals surface area contributed by atoms with Crippen LogP contribution in [0.2, 0.25) is 5.02 Å². The van der Waals surface area contributed by atoms with Gasteiger partial charge < -0.3 is 4.74 Å². The number of aryl methyl sites for hydroxylation is 1. The zero-order valence-electron chi connectivity index (χ0n) is 9.84. The lowest BCUT2D eigenvalue weighted by Gasteiger charge is -2.14. The van der Waals surface area contributed by atoms with Crippen molar-refractivity contribution in [3.05, 3.63) is 49.1 Å². The van der Waals surface area contributed by atoms with Gasteiger partial charge in [-0.15, -0.1) is 22.9 Å². The number of rotatable bonds is 3. The van der Waals surface area contributed by atoms with Gasteiger partial charge in [0.1, 0.15) is 5.75 Å². The summed E-state index contributed by atoms with van der Waals surface area (Å²) in [5.41, 5.74) is 2.02. The molecule has 0 fully saturated rings. The molecular formula is C13H11BrCl2OS. The van der Waals surface area contributed by atoms with Crippen molar-refractivity contribution < 1.29 is 4.74 Å². The van der Waals surface area contributed by atoms with Crippen LogP contribution in [0.3, 0.4) is 0 Å². The largest absolute Gasteiger partial charge is 0.496 e. The molecular weight excluding hydrogens is 355 g/mol. The van der Waals surface area contributed by atoms with E-state index in [1.807, 2.05) is 18.2 Å². The fraction of sp³-hybridized carbons (Fsp3) is 0.231. The van der Waals surface area contributed by atoms with Gasteiger partial charge in [-0.1, -0.05) is 17.7 Å². The Balaban J connectivity index is 2.45. The van der Waals surface area contributed by atoms with Gasteiger partial charge in [0, 0.05) is 15.5 Å². The van der Waals surface area contributed by atoms with E-state index in [9.17, 15) is 0 Å². The van der Waals surface area contributed by atoms with Gasteiger partial charge in [-0.05, 0) is 46.6 Å². The Bertz CT molecular complexity index is 568. The molecule has 1 heterocycles. The molecule has 1 atom stereocenters. The summed E-state index contributed by atoms with van der Waals surface area (Å²) in [6, 6.07) is 7.56. The molecule has 1 nitrogen and oxygen atoms in total.